The van der Waals surface area contributed by atoms with Crippen molar-refractivity contribution < 1.29 is 4.74 Å². The van der Waals surface area contributed by atoms with Gasteiger partial charge in [-0.3, -0.25) is 0 Å². The fourth-order valence-electron chi connectivity index (χ4n) is 1.85. The van der Waals surface area contributed by atoms with Crippen molar-refractivity contribution >= 4 is 10.0 Å². The van der Waals surface area contributed by atoms with Crippen molar-refractivity contribution in [3.05, 3.63) is 0 Å². The lowest BCUT2D eigenvalue weighted by Gasteiger charge is -2.37. The lowest BCUT2D eigenvalue weighted by atomic mass is 9.94. The van der Waals surface area contributed by atoms with Gasteiger partial charge in [-0.1, -0.05) is 34.6 Å². The van der Waals surface area contributed by atoms with Gasteiger partial charge in [0.15, 0.2) is 0 Å². The number of hydrogen-bond donors (Lipinski definition) is 0. The van der Waals surface area contributed by atoms with Crippen molar-refractivity contribution in [2.45, 2.75) is 73.3 Å². The first kappa shape index (κ1) is 20.3. The Morgan fingerprint density at radius 3 is 1.85 bits per heavy atom. The van der Waals surface area contributed by atoms with Crippen LogP contribution in [0.2, 0.25) is 0 Å². The fraction of sp³-hybridized carbons (Fsp3) is 1.00. The molecule has 0 saturated carbocycles. The first-order chi connectivity index (χ1) is 8.83. The van der Waals surface area contributed by atoms with Gasteiger partial charge in [0.2, 0.25) is 0 Å². The highest BCUT2D eigenvalue weighted by Crippen LogP contribution is 2.44. The molecule has 124 valence electrons. The predicted molar refractivity (Wildman–Crippen MR) is 97.3 cm³/mol. The fourth-order valence-corrected chi connectivity index (χ4v) is 4.26. The molecule has 0 atom stereocenters. The molecule has 0 amide bonds. The van der Waals surface area contributed by atoms with E-state index in [1.807, 2.05) is 0 Å². The van der Waals surface area contributed by atoms with Crippen LogP contribution in [0.15, 0.2) is 0 Å². The molecule has 0 aromatic carbocycles. The molecule has 0 aliphatic carbocycles. The number of hydrogen-bond acceptors (Lipinski definition) is 1. The molecule has 0 rings (SSSR count). The molecule has 0 bridgehead atoms. The Hall–Kier alpha value is 0.310. The van der Waals surface area contributed by atoms with E-state index >= 15 is 0 Å². The van der Waals surface area contributed by atoms with E-state index in [4.69, 9.17) is 4.74 Å². The highest BCUT2D eigenvalue weighted by atomic mass is 32.3. The van der Waals surface area contributed by atoms with Crippen molar-refractivity contribution in [2.75, 3.05) is 30.6 Å². The molecule has 0 spiro atoms. The van der Waals surface area contributed by atoms with E-state index in [0.717, 1.165) is 12.5 Å². The Bertz CT molecular complexity index is 261. The smallest absolute Gasteiger partial charge is 0.0633 e. The molecule has 1 nitrogen and oxygen atoms in total. The summed E-state index contributed by atoms with van der Waals surface area (Å²) < 4.78 is 6.09. The first-order valence-electron chi connectivity index (χ1n) is 8.16. The van der Waals surface area contributed by atoms with Crippen LogP contribution in [-0.4, -0.2) is 36.2 Å². The topological polar surface area (TPSA) is 9.23 Å². The lowest BCUT2D eigenvalue weighted by molar-refractivity contribution is -0.0236. The third kappa shape index (κ3) is 12.1. The zero-order valence-corrected chi connectivity index (χ0v) is 16.5. The second kappa shape index (κ2) is 8.08. The van der Waals surface area contributed by atoms with E-state index < -0.39 is 10.0 Å². The summed E-state index contributed by atoms with van der Waals surface area (Å²) in [5.74, 6) is 3.45. The molecule has 0 radical (unpaired) electrons. The van der Waals surface area contributed by atoms with E-state index in [2.05, 4.69) is 61.0 Å². The second-order valence-electron chi connectivity index (χ2n) is 9.03. The molecule has 0 fully saturated rings. The van der Waals surface area contributed by atoms with Crippen LogP contribution in [-0.2, 0) is 4.74 Å². The van der Waals surface area contributed by atoms with Gasteiger partial charge in [0.25, 0.3) is 0 Å². The zero-order chi connectivity index (χ0) is 16.0. The van der Waals surface area contributed by atoms with Gasteiger partial charge in [0, 0.05) is 6.61 Å². The summed E-state index contributed by atoms with van der Waals surface area (Å²) in [7, 11) is -0.469. The van der Waals surface area contributed by atoms with Crippen molar-refractivity contribution in [1.29, 1.82) is 0 Å². The Kier molecular flexibility index (Phi) is 8.20. The molecular weight excluding hydrogens is 264 g/mol. The number of rotatable bonds is 9. The average Bonchev–Trinajstić information content (AvgIpc) is 2.23. The maximum absolute atomic E-state index is 6.09. The van der Waals surface area contributed by atoms with Crippen LogP contribution in [0.4, 0.5) is 0 Å². The van der Waals surface area contributed by atoms with E-state index in [9.17, 15) is 0 Å². The van der Waals surface area contributed by atoms with Crippen molar-refractivity contribution in [3.63, 3.8) is 0 Å². The third-order valence-corrected chi connectivity index (χ3v) is 6.47. The van der Waals surface area contributed by atoms with Gasteiger partial charge in [-0.05, 0) is 68.5 Å². The van der Waals surface area contributed by atoms with Crippen molar-refractivity contribution in [2.24, 2.45) is 11.3 Å². The van der Waals surface area contributed by atoms with Crippen LogP contribution < -0.4 is 0 Å². The SMILES string of the molecule is CC(C)CCOC(C)(C)CCS(C)(C)CCC(C)(C)C. The second-order valence-corrected chi connectivity index (χ2v) is 13.4. The molecule has 0 aromatic heterocycles. The molecule has 0 aliphatic rings. The summed E-state index contributed by atoms with van der Waals surface area (Å²) in [5, 5.41) is 0. The largest absolute Gasteiger partial charge is 0.376 e. The standard InChI is InChI=1S/C18H40OS/c1-16(2)10-13-19-18(6,7)12-15-20(8,9)14-11-17(3,4)5/h16H,10-15H2,1-9H3. The molecule has 2 heteroatoms. The molecule has 0 aliphatic heterocycles. The molecule has 0 heterocycles. The molecule has 0 unspecified atom stereocenters. The minimum absolute atomic E-state index is 0.0426. The minimum Gasteiger partial charge on any atom is -0.376 e. The van der Waals surface area contributed by atoms with Gasteiger partial charge in [-0.2, -0.15) is 0 Å². The Balaban J connectivity index is 4.09. The van der Waals surface area contributed by atoms with Gasteiger partial charge in [-0.25, -0.2) is 10.0 Å². The summed E-state index contributed by atoms with van der Waals surface area (Å²) in [5.41, 5.74) is 0.508. The zero-order valence-electron chi connectivity index (χ0n) is 15.6. The Labute approximate surface area is 130 Å². The van der Waals surface area contributed by atoms with Crippen LogP contribution in [0.25, 0.3) is 0 Å². The average molecular weight is 305 g/mol. The van der Waals surface area contributed by atoms with E-state index in [0.29, 0.717) is 5.41 Å². The van der Waals surface area contributed by atoms with Crippen LogP contribution >= 0.6 is 10.0 Å². The Morgan fingerprint density at radius 2 is 1.40 bits per heavy atom. The van der Waals surface area contributed by atoms with Crippen molar-refractivity contribution in [1.82, 2.24) is 0 Å². The molecule has 20 heavy (non-hydrogen) atoms. The van der Waals surface area contributed by atoms with E-state index in [-0.39, 0.29) is 5.60 Å². The maximum atomic E-state index is 6.09. The number of ether oxygens (including phenoxy) is 1. The normalized spacial score (nSPS) is 14.9. The Morgan fingerprint density at radius 1 is 0.900 bits per heavy atom. The van der Waals surface area contributed by atoms with Crippen LogP contribution in [0.1, 0.15) is 67.7 Å². The van der Waals surface area contributed by atoms with Crippen LogP contribution in [0.5, 0.6) is 0 Å². The summed E-state index contributed by atoms with van der Waals surface area (Å²) in [6, 6.07) is 0. The quantitative estimate of drug-likeness (QED) is 0.529. The van der Waals surface area contributed by atoms with Crippen LogP contribution in [0, 0.1) is 11.3 Å². The summed E-state index contributed by atoms with van der Waals surface area (Å²) in [6.07, 6.45) is 8.68. The monoisotopic (exact) mass is 304 g/mol. The van der Waals surface area contributed by atoms with E-state index in [1.165, 1.54) is 30.8 Å². The van der Waals surface area contributed by atoms with Crippen LogP contribution in [0.3, 0.4) is 0 Å². The summed E-state index contributed by atoms with van der Waals surface area (Å²) in [4.78, 5) is 0. The van der Waals surface area contributed by atoms with Gasteiger partial charge < -0.3 is 4.74 Å². The third-order valence-electron chi connectivity index (χ3n) is 3.85. The molecular formula is C18H40OS. The van der Waals surface area contributed by atoms with Gasteiger partial charge in [-0.15, -0.1) is 0 Å². The first-order valence-corrected chi connectivity index (χ1v) is 10.9. The minimum atomic E-state index is -0.469. The summed E-state index contributed by atoms with van der Waals surface area (Å²) >= 11 is 0. The van der Waals surface area contributed by atoms with Gasteiger partial charge in [0.1, 0.15) is 0 Å². The molecule has 0 saturated heterocycles. The molecule has 0 aromatic rings. The summed E-state index contributed by atoms with van der Waals surface area (Å²) in [6.45, 7) is 17.0. The molecule has 0 N–H and O–H groups in total. The highest BCUT2D eigenvalue weighted by molar-refractivity contribution is 8.32. The highest BCUT2D eigenvalue weighted by Gasteiger charge is 2.23. The maximum Gasteiger partial charge on any atom is 0.0633 e. The van der Waals surface area contributed by atoms with E-state index in [1.54, 1.807) is 0 Å². The predicted octanol–water partition coefficient (Wildman–Crippen LogP) is 5.72. The lowest BCUT2D eigenvalue weighted by Crippen LogP contribution is -2.28. The van der Waals surface area contributed by atoms with Crippen molar-refractivity contribution in [3.8, 4) is 0 Å². The van der Waals surface area contributed by atoms with Gasteiger partial charge >= 0.3 is 0 Å². The van der Waals surface area contributed by atoms with Gasteiger partial charge in [0.05, 0.1) is 5.60 Å².